The Labute approximate surface area is 126 Å². The van der Waals surface area contributed by atoms with Gasteiger partial charge in [0.1, 0.15) is 0 Å². The van der Waals surface area contributed by atoms with E-state index < -0.39 is 0 Å². The van der Waals surface area contributed by atoms with Gasteiger partial charge in [-0.1, -0.05) is 5.21 Å². The van der Waals surface area contributed by atoms with Crippen molar-refractivity contribution in [1.29, 1.82) is 0 Å². The molecular formula is C12H16ClN7O. The summed E-state index contributed by atoms with van der Waals surface area (Å²) >= 11 is 6.09. The second-order valence-electron chi connectivity index (χ2n) is 5.38. The quantitative estimate of drug-likeness (QED) is 0.795. The number of halogens is 1. The zero-order valence-corrected chi connectivity index (χ0v) is 12.3. The van der Waals surface area contributed by atoms with Crippen LogP contribution in [0.15, 0.2) is 0 Å². The van der Waals surface area contributed by atoms with Crippen molar-refractivity contribution in [3.8, 4) is 0 Å². The molecule has 112 valence electrons. The Balaban J connectivity index is 1.72. The van der Waals surface area contributed by atoms with E-state index in [1.54, 1.807) is 0 Å². The predicted octanol–water partition coefficient (Wildman–Crippen LogP) is -0.0693. The Morgan fingerprint density at radius 3 is 2.76 bits per heavy atom. The molecule has 4 rings (SSSR count). The maximum absolute atomic E-state index is 6.09. The van der Waals surface area contributed by atoms with Gasteiger partial charge in [-0.05, 0) is 11.6 Å². The second-order valence-corrected chi connectivity index (χ2v) is 5.72. The summed E-state index contributed by atoms with van der Waals surface area (Å²) in [5.41, 5.74) is 1.43. The SMILES string of the molecule is Clc1nc(N2CCOCC2)c2nnn(CC3CNC3)c2n1. The van der Waals surface area contributed by atoms with Crippen molar-refractivity contribution in [3.63, 3.8) is 0 Å². The van der Waals surface area contributed by atoms with E-state index in [0.29, 0.717) is 30.3 Å². The molecule has 1 N–H and O–H groups in total. The molecule has 2 fully saturated rings. The molecule has 0 radical (unpaired) electrons. The van der Waals surface area contributed by atoms with Crippen molar-refractivity contribution in [1.82, 2.24) is 30.3 Å². The van der Waals surface area contributed by atoms with Gasteiger partial charge in [-0.25, -0.2) is 4.68 Å². The first-order valence-electron chi connectivity index (χ1n) is 7.11. The van der Waals surface area contributed by atoms with E-state index >= 15 is 0 Å². The second kappa shape index (κ2) is 5.36. The molecule has 0 aromatic carbocycles. The van der Waals surface area contributed by atoms with E-state index in [1.807, 2.05) is 4.68 Å². The minimum Gasteiger partial charge on any atom is -0.378 e. The lowest BCUT2D eigenvalue weighted by molar-refractivity contribution is 0.122. The van der Waals surface area contributed by atoms with Crippen molar-refractivity contribution in [3.05, 3.63) is 5.28 Å². The van der Waals surface area contributed by atoms with Gasteiger partial charge in [0.05, 0.1) is 19.8 Å². The molecule has 0 aliphatic carbocycles. The molecule has 2 aromatic heterocycles. The van der Waals surface area contributed by atoms with Crippen molar-refractivity contribution in [2.24, 2.45) is 5.92 Å². The lowest BCUT2D eigenvalue weighted by Gasteiger charge is -2.28. The molecule has 8 nitrogen and oxygen atoms in total. The van der Waals surface area contributed by atoms with Crippen molar-refractivity contribution >= 4 is 28.6 Å². The number of fused-ring (bicyclic) bond motifs is 1. The number of rotatable bonds is 3. The van der Waals surface area contributed by atoms with Gasteiger partial charge in [0.15, 0.2) is 17.0 Å². The number of nitrogens with one attached hydrogen (secondary N) is 1. The summed E-state index contributed by atoms with van der Waals surface area (Å²) in [6.45, 7) is 5.76. The van der Waals surface area contributed by atoms with Gasteiger partial charge in [0, 0.05) is 32.1 Å². The zero-order chi connectivity index (χ0) is 14.2. The van der Waals surface area contributed by atoms with Gasteiger partial charge >= 0.3 is 0 Å². The van der Waals surface area contributed by atoms with Gasteiger partial charge in [-0.15, -0.1) is 5.10 Å². The topological polar surface area (TPSA) is 81.0 Å². The van der Waals surface area contributed by atoms with Gasteiger partial charge < -0.3 is 15.0 Å². The largest absolute Gasteiger partial charge is 0.378 e. The number of hydrogen-bond acceptors (Lipinski definition) is 7. The van der Waals surface area contributed by atoms with Crippen LogP contribution in [0.2, 0.25) is 5.28 Å². The molecule has 9 heteroatoms. The highest BCUT2D eigenvalue weighted by molar-refractivity contribution is 6.28. The van der Waals surface area contributed by atoms with Crippen LogP contribution in [0.3, 0.4) is 0 Å². The third-order valence-corrected chi connectivity index (χ3v) is 4.09. The molecule has 0 atom stereocenters. The third kappa shape index (κ3) is 2.43. The van der Waals surface area contributed by atoms with Crippen molar-refractivity contribution in [2.75, 3.05) is 44.3 Å². The molecule has 0 unspecified atom stereocenters. The van der Waals surface area contributed by atoms with E-state index in [-0.39, 0.29) is 5.28 Å². The number of morpholine rings is 1. The van der Waals surface area contributed by atoms with Crippen LogP contribution in [-0.2, 0) is 11.3 Å². The standard InChI is InChI=1S/C12H16ClN7O/c13-12-15-10(19-1-3-21-4-2-19)9-11(16-12)20(18-17-9)7-8-5-14-6-8/h8,14H,1-7H2. The summed E-state index contributed by atoms with van der Waals surface area (Å²) in [6.07, 6.45) is 0. The minimum atomic E-state index is 0.235. The summed E-state index contributed by atoms with van der Waals surface area (Å²) in [5.74, 6) is 1.33. The Morgan fingerprint density at radius 2 is 2.05 bits per heavy atom. The van der Waals surface area contributed by atoms with Gasteiger partial charge in [0.25, 0.3) is 0 Å². The molecular weight excluding hydrogens is 294 g/mol. The number of ether oxygens (including phenoxy) is 1. The Hall–Kier alpha value is -1.51. The van der Waals surface area contributed by atoms with E-state index in [2.05, 4.69) is 30.5 Å². The Bertz CT molecular complexity index is 650. The lowest BCUT2D eigenvalue weighted by atomic mass is 10.0. The maximum atomic E-state index is 6.09. The number of hydrogen-bond donors (Lipinski definition) is 1. The highest BCUT2D eigenvalue weighted by Crippen LogP contribution is 2.24. The van der Waals surface area contributed by atoms with Crippen LogP contribution < -0.4 is 10.2 Å². The fourth-order valence-corrected chi connectivity index (χ4v) is 2.82. The van der Waals surface area contributed by atoms with E-state index in [4.69, 9.17) is 16.3 Å². The predicted molar refractivity (Wildman–Crippen MR) is 77.5 cm³/mol. The van der Waals surface area contributed by atoms with Crippen LogP contribution in [0.5, 0.6) is 0 Å². The number of anilines is 1. The fourth-order valence-electron chi connectivity index (χ4n) is 2.66. The summed E-state index contributed by atoms with van der Waals surface area (Å²) in [4.78, 5) is 10.8. The molecule has 2 aliphatic rings. The monoisotopic (exact) mass is 309 g/mol. The molecule has 0 spiro atoms. The van der Waals surface area contributed by atoms with E-state index in [0.717, 1.165) is 38.5 Å². The normalized spacial score (nSPS) is 20.0. The fraction of sp³-hybridized carbons (Fsp3) is 0.667. The molecule has 0 amide bonds. The van der Waals surface area contributed by atoms with Crippen LogP contribution >= 0.6 is 11.6 Å². The van der Waals surface area contributed by atoms with Crippen molar-refractivity contribution in [2.45, 2.75) is 6.54 Å². The van der Waals surface area contributed by atoms with E-state index in [9.17, 15) is 0 Å². The molecule has 0 saturated carbocycles. The average molecular weight is 310 g/mol. The lowest BCUT2D eigenvalue weighted by Crippen LogP contribution is -2.44. The minimum absolute atomic E-state index is 0.235. The molecule has 4 heterocycles. The molecule has 2 aromatic rings. The smallest absolute Gasteiger partial charge is 0.226 e. The summed E-state index contributed by atoms with van der Waals surface area (Å²) < 4.78 is 7.21. The van der Waals surface area contributed by atoms with Crippen LogP contribution in [-0.4, -0.2) is 64.4 Å². The van der Waals surface area contributed by atoms with Gasteiger partial charge in [-0.2, -0.15) is 9.97 Å². The molecule has 2 saturated heterocycles. The highest BCUT2D eigenvalue weighted by Gasteiger charge is 2.23. The first-order chi connectivity index (χ1) is 10.3. The average Bonchev–Trinajstić information content (AvgIpc) is 2.86. The zero-order valence-electron chi connectivity index (χ0n) is 11.5. The third-order valence-electron chi connectivity index (χ3n) is 3.92. The first-order valence-corrected chi connectivity index (χ1v) is 7.49. The summed E-state index contributed by atoms with van der Waals surface area (Å²) in [5, 5.41) is 12.0. The maximum Gasteiger partial charge on any atom is 0.226 e. The van der Waals surface area contributed by atoms with Crippen LogP contribution in [0.4, 0.5) is 5.82 Å². The van der Waals surface area contributed by atoms with Crippen molar-refractivity contribution < 1.29 is 4.74 Å². The molecule has 2 aliphatic heterocycles. The number of nitrogens with zero attached hydrogens (tertiary/aromatic N) is 6. The Kier molecular flexibility index (Phi) is 3.36. The molecule has 0 bridgehead atoms. The Morgan fingerprint density at radius 1 is 1.24 bits per heavy atom. The first kappa shape index (κ1) is 13.2. The molecule has 21 heavy (non-hydrogen) atoms. The summed E-state index contributed by atoms with van der Waals surface area (Å²) in [7, 11) is 0. The van der Waals surface area contributed by atoms with Crippen LogP contribution in [0.25, 0.3) is 11.2 Å². The van der Waals surface area contributed by atoms with E-state index in [1.165, 1.54) is 0 Å². The van der Waals surface area contributed by atoms with Crippen LogP contribution in [0, 0.1) is 5.92 Å². The van der Waals surface area contributed by atoms with Gasteiger partial charge in [0.2, 0.25) is 5.28 Å². The van der Waals surface area contributed by atoms with Crippen LogP contribution in [0.1, 0.15) is 0 Å². The number of aromatic nitrogens is 5. The van der Waals surface area contributed by atoms with Gasteiger partial charge in [-0.3, -0.25) is 0 Å². The highest BCUT2D eigenvalue weighted by atomic mass is 35.5. The summed E-state index contributed by atoms with van der Waals surface area (Å²) in [6, 6.07) is 0.